The first kappa shape index (κ1) is 20.8. The van der Waals surface area contributed by atoms with Gasteiger partial charge in [0.1, 0.15) is 5.75 Å². The summed E-state index contributed by atoms with van der Waals surface area (Å²) in [6, 6.07) is 12.9. The molecule has 2 nitrogen and oxygen atoms in total. The Morgan fingerprint density at radius 2 is 1.50 bits per heavy atom. The number of hydrogen-bond acceptors (Lipinski definition) is 2. The van der Waals surface area contributed by atoms with Crippen LogP contribution < -0.4 is 4.74 Å². The van der Waals surface area contributed by atoms with Gasteiger partial charge >= 0.3 is 0 Å². The first-order valence-electron chi connectivity index (χ1n) is 10.5. The highest BCUT2D eigenvalue weighted by Gasteiger charge is 2.02. The van der Waals surface area contributed by atoms with Crippen LogP contribution in [-0.2, 0) is 6.42 Å². The van der Waals surface area contributed by atoms with Crippen molar-refractivity contribution >= 4 is 10.8 Å². The summed E-state index contributed by atoms with van der Waals surface area (Å²) >= 11 is 0. The van der Waals surface area contributed by atoms with Crippen molar-refractivity contribution in [3.8, 4) is 5.75 Å². The molecule has 0 aliphatic heterocycles. The molecule has 2 aromatic rings. The normalized spacial score (nSPS) is 12.4. The molecule has 1 atom stereocenters. The van der Waals surface area contributed by atoms with Crippen LogP contribution in [0.5, 0.6) is 5.75 Å². The van der Waals surface area contributed by atoms with E-state index in [4.69, 9.17) is 4.74 Å². The summed E-state index contributed by atoms with van der Waals surface area (Å²) in [7, 11) is 0. The van der Waals surface area contributed by atoms with E-state index in [1.807, 2.05) is 6.92 Å². The van der Waals surface area contributed by atoms with Gasteiger partial charge in [-0.25, -0.2) is 0 Å². The Kier molecular flexibility index (Phi) is 9.55. The minimum Gasteiger partial charge on any atom is -0.494 e. The number of aryl methyl sites for hydroxylation is 1. The Hall–Kier alpha value is -1.54. The summed E-state index contributed by atoms with van der Waals surface area (Å²) < 4.78 is 5.94. The molecule has 0 saturated carbocycles. The maximum Gasteiger partial charge on any atom is 0.119 e. The molecule has 0 radical (unpaired) electrons. The largest absolute Gasteiger partial charge is 0.494 e. The van der Waals surface area contributed by atoms with Crippen LogP contribution in [0, 0.1) is 0 Å². The summed E-state index contributed by atoms with van der Waals surface area (Å²) in [5.41, 5.74) is 1.28. The second-order valence-corrected chi connectivity index (χ2v) is 7.55. The Morgan fingerprint density at radius 3 is 2.23 bits per heavy atom. The molecular formula is C24H36O2. The molecule has 0 fully saturated rings. The number of fused-ring (bicyclic) bond motifs is 1. The third-order valence-corrected chi connectivity index (χ3v) is 4.99. The quantitative estimate of drug-likeness (QED) is 0.406. The number of ether oxygens (including phenoxy) is 1. The average molecular weight is 357 g/mol. The molecule has 2 aromatic carbocycles. The number of rotatable bonds is 13. The average Bonchev–Trinajstić information content (AvgIpc) is 2.65. The predicted molar refractivity (Wildman–Crippen MR) is 112 cm³/mol. The minimum absolute atomic E-state index is 0.238. The molecule has 2 rings (SSSR count). The Bertz CT molecular complexity index is 633. The van der Waals surface area contributed by atoms with Gasteiger partial charge in [0.05, 0.1) is 12.7 Å². The Balaban J connectivity index is 1.70. The zero-order valence-electron chi connectivity index (χ0n) is 16.7. The molecule has 0 aliphatic rings. The third-order valence-electron chi connectivity index (χ3n) is 4.99. The first-order valence-corrected chi connectivity index (χ1v) is 10.5. The van der Waals surface area contributed by atoms with Gasteiger partial charge in [-0.1, -0.05) is 76.1 Å². The van der Waals surface area contributed by atoms with E-state index in [0.29, 0.717) is 0 Å². The van der Waals surface area contributed by atoms with E-state index in [-0.39, 0.29) is 6.10 Å². The maximum absolute atomic E-state index is 9.43. The van der Waals surface area contributed by atoms with Gasteiger partial charge in [-0.2, -0.15) is 0 Å². The summed E-state index contributed by atoms with van der Waals surface area (Å²) in [4.78, 5) is 0. The van der Waals surface area contributed by atoms with Gasteiger partial charge in [0, 0.05) is 0 Å². The smallest absolute Gasteiger partial charge is 0.119 e. The number of benzene rings is 2. The lowest BCUT2D eigenvalue weighted by Gasteiger charge is -2.09. The Morgan fingerprint density at radius 1 is 0.846 bits per heavy atom. The molecule has 1 N–H and O–H groups in total. The number of aliphatic hydroxyl groups excluding tert-OH is 1. The molecule has 0 heterocycles. The second-order valence-electron chi connectivity index (χ2n) is 7.55. The lowest BCUT2D eigenvalue weighted by molar-refractivity contribution is 0.185. The van der Waals surface area contributed by atoms with Gasteiger partial charge in [0.15, 0.2) is 0 Å². The number of aliphatic hydroxyl groups is 1. The lowest BCUT2D eigenvalue weighted by Crippen LogP contribution is -2.01. The van der Waals surface area contributed by atoms with Crippen molar-refractivity contribution in [3.63, 3.8) is 0 Å². The highest BCUT2D eigenvalue weighted by molar-refractivity contribution is 5.84. The second kappa shape index (κ2) is 12.0. The van der Waals surface area contributed by atoms with Gasteiger partial charge in [-0.15, -0.1) is 0 Å². The van der Waals surface area contributed by atoms with Crippen LogP contribution in [0.15, 0.2) is 36.4 Å². The van der Waals surface area contributed by atoms with E-state index in [0.717, 1.165) is 31.6 Å². The molecule has 0 aliphatic carbocycles. The van der Waals surface area contributed by atoms with E-state index >= 15 is 0 Å². The molecule has 0 bridgehead atoms. The Labute approximate surface area is 159 Å². The van der Waals surface area contributed by atoms with Gasteiger partial charge < -0.3 is 9.84 Å². The molecule has 144 valence electrons. The van der Waals surface area contributed by atoms with Crippen molar-refractivity contribution in [1.29, 1.82) is 0 Å². The molecule has 26 heavy (non-hydrogen) atoms. The molecule has 0 saturated heterocycles. The van der Waals surface area contributed by atoms with Crippen LogP contribution in [0.3, 0.4) is 0 Å². The van der Waals surface area contributed by atoms with Crippen molar-refractivity contribution in [2.75, 3.05) is 6.61 Å². The van der Waals surface area contributed by atoms with Crippen molar-refractivity contribution < 1.29 is 9.84 Å². The zero-order chi connectivity index (χ0) is 18.6. The first-order chi connectivity index (χ1) is 12.7. The lowest BCUT2D eigenvalue weighted by atomic mass is 10.0. The van der Waals surface area contributed by atoms with E-state index in [2.05, 4.69) is 43.3 Å². The third kappa shape index (κ3) is 7.78. The van der Waals surface area contributed by atoms with Crippen LogP contribution >= 0.6 is 0 Å². The van der Waals surface area contributed by atoms with E-state index in [1.165, 1.54) is 61.3 Å². The molecule has 1 unspecified atom stereocenters. The standard InChI is InChI=1S/C24H36O2/c1-3-4-5-6-7-8-9-10-17-26-24-16-15-22-18-21(12-11-20(2)25)13-14-23(22)19-24/h13-16,18-20,25H,3-12,17H2,1-2H3. The predicted octanol–water partition coefficient (Wildman–Crippen LogP) is 6.67. The molecule has 0 amide bonds. The highest BCUT2D eigenvalue weighted by atomic mass is 16.5. The fourth-order valence-electron chi connectivity index (χ4n) is 3.32. The summed E-state index contributed by atoms with van der Waals surface area (Å²) in [5, 5.41) is 11.9. The van der Waals surface area contributed by atoms with Crippen molar-refractivity contribution in [2.24, 2.45) is 0 Å². The fraction of sp³-hybridized carbons (Fsp3) is 0.583. The zero-order valence-corrected chi connectivity index (χ0v) is 16.7. The molecule has 2 heteroatoms. The van der Waals surface area contributed by atoms with Crippen molar-refractivity contribution in [3.05, 3.63) is 42.0 Å². The summed E-state index contributed by atoms with van der Waals surface area (Å²) in [6.45, 7) is 4.92. The van der Waals surface area contributed by atoms with Crippen LogP contribution in [0.4, 0.5) is 0 Å². The van der Waals surface area contributed by atoms with Gasteiger partial charge in [0.2, 0.25) is 0 Å². The summed E-state index contributed by atoms with van der Waals surface area (Å²) in [6.07, 6.45) is 12.1. The maximum atomic E-state index is 9.43. The molecular weight excluding hydrogens is 320 g/mol. The summed E-state index contributed by atoms with van der Waals surface area (Å²) in [5.74, 6) is 0.970. The highest BCUT2D eigenvalue weighted by Crippen LogP contribution is 2.23. The van der Waals surface area contributed by atoms with Crippen molar-refractivity contribution in [1.82, 2.24) is 0 Å². The number of hydrogen-bond donors (Lipinski definition) is 1. The fourth-order valence-corrected chi connectivity index (χ4v) is 3.32. The van der Waals surface area contributed by atoms with E-state index in [9.17, 15) is 5.11 Å². The van der Waals surface area contributed by atoms with Crippen LogP contribution in [0.25, 0.3) is 10.8 Å². The van der Waals surface area contributed by atoms with Crippen molar-refractivity contribution in [2.45, 2.75) is 84.2 Å². The van der Waals surface area contributed by atoms with Gasteiger partial charge in [0.25, 0.3) is 0 Å². The van der Waals surface area contributed by atoms with Gasteiger partial charge in [-0.05, 0) is 54.7 Å². The van der Waals surface area contributed by atoms with Gasteiger partial charge in [-0.3, -0.25) is 0 Å². The molecule has 0 spiro atoms. The van der Waals surface area contributed by atoms with Crippen LogP contribution in [0.1, 0.15) is 77.2 Å². The topological polar surface area (TPSA) is 29.5 Å². The van der Waals surface area contributed by atoms with E-state index in [1.54, 1.807) is 0 Å². The molecule has 0 aromatic heterocycles. The SMILES string of the molecule is CCCCCCCCCCOc1ccc2cc(CCC(C)O)ccc2c1. The van der Waals surface area contributed by atoms with E-state index < -0.39 is 0 Å². The minimum atomic E-state index is -0.238. The van der Waals surface area contributed by atoms with Crippen LogP contribution in [-0.4, -0.2) is 17.8 Å². The van der Waals surface area contributed by atoms with Crippen LogP contribution in [0.2, 0.25) is 0 Å². The monoisotopic (exact) mass is 356 g/mol. The number of unbranched alkanes of at least 4 members (excludes halogenated alkanes) is 7.